The van der Waals surface area contributed by atoms with E-state index in [-0.39, 0.29) is 5.69 Å². The Kier molecular flexibility index (Phi) is 5.07. The number of halogens is 2. The van der Waals surface area contributed by atoms with Crippen LogP contribution in [-0.4, -0.2) is 42.5 Å². The smallest absolute Gasteiger partial charge is 0.272 e. The van der Waals surface area contributed by atoms with Crippen LogP contribution in [0, 0.1) is 10.1 Å². The van der Waals surface area contributed by atoms with E-state index < -0.39 is 4.92 Å². The second-order valence-corrected chi connectivity index (χ2v) is 5.60. The Morgan fingerprint density at radius 3 is 2.40 bits per heavy atom. The van der Waals surface area contributed by atoms with Gasteiger partial charge in [0.05, 0.1) is 20.7 Å². The molecule has 20 heavy (non-hydrogen) atoms. The summed E-state index contributed by atoms with van der Waals surface area (Å²) in [6, 6.07) is 2.73. The van der Waals surface area contributed by atoms with E-state index >= 15 is 0 Å². The topological polar surface area (TPSA) is 49.6 Å². The molecule has 0 unspecified atom stereocenters. The number of nitro groups is 1. The van der Waals surface area contributed by atoms with Gasteiger partial charge in [-0.1, -0.05) is 30.1 Å². The summed E-state index contributed by atoms with van der Waals surface area (Å²) in [4.78, 5) is 14.8. The lowest BCUT2D eigenvalue weighted by Gasteiger charge is -2.25. The molecule has 0 atom stereocenters. The normalized spacial score (nSPS) is 17.1. The van der Waals surface area contributed by atoms with Crippen LogP contribution in [0.15, 0.2) is 12.1 Å². The number of hydrogen-bond donors (Lipinski definition) is 0. The lowest BCUT2D eigenvalue weighted by Crippen LogP contribution is -2.30. The second-order valence-electron chi connectivity index (χ2n) is 4.79. The minimum atomic E-state index is -0.483. The van der Waals surface area contributed by atoms with Gasteiger partial charge in [-0.25, -0.2) is 0 Å². The van der Waals surface area contributed by atoms with Gasteiger partial charge in [0.25, 0.3) is 5.69 Å². The van der Waals surface area contributed by atoms with Gasteiger partial charge in [0.2, 0.25) is 0 Å². The quantitative estimate of drug-likeness (QED) is 0.633. The van der Waals surface area contributed by atoms with Crippen molar-refractivity contribution in [1.29, 1.82) is 0 Å². The average molecular weight is 318 g/mol. The molecule has 0 radical (unpaired) electrons. The van der Waals surface area contributed by atoms with Gasteiger partial charge in [-0.2, -0.15) is 0 Å². The third-order valence-electron chi connectivity index (χ3n) is 3.56. The first-order valence-electron chi connectivity index (χ1n) is 6.63. The van der Waals surface area contributed by atoms with Crippen LogP contribution in [0.4, 0.5) is 11.4 Å². The molecule has 1 aromatic rings. The lowest BCUT2D eigenvalue weighted by molar-refractivity contribution is -0.384. The fourth-order valence-electron chi connectivity index (χ4n) is 2.47. The molecule has 110 valence electrons. The van der Waals surface area contributed by atoms with Crippen LogP contribution < -0.4 is 4.90 Å². The number of benzene rings is 1. The number of anilines is 1. The van der Waals surface area contributed by atoms with Crippen LogP contribution in [0.1, 0.15) is 13.3 Å². The predicted molar refractivity (Wildman–Crippen MR) is 82.1 cm³/mol. The Hall–Kier alpha value is -1.04. The molecule has 0 bridgehead atoms. The van der Waals surface area contributed by atoms with E-state index in [1.54, 1.807) is 0 Å². The van der Waals surface area contributed by atoms with Gasteiger partial charge in [0.15, 0.2) is 0 Å². The van der Waals surface area contributed by atoms with Gasteiger partial charge in [-0.3, -0.25) is 10.1 Å². The third-order valence-corrected chi connectivity index (χ3v) is 4.14. The molecular weight excluding hydrogens is 301 g/mol. The Morgan fingerprint density at radius 2 is 1.85 bits per heavy atom. The highest BCUT2D eigenvalue weighted by Gasteiger charge is 2.21. The van der Waals surface area contributed by atoms with Gasteiger partial charge in [-0.05, 0) is 19.5 Å². The first-order valence-corrected chi connectivity index (χ1v) is 7.39. The third kappa shape index (κ3) is 3.34. The molecule has 1 fully saturated rings. The van der Waals surface area contributed by atoms with Gasteiger partial charge in [0, 0.05) is 31.8 Å². The molecule has 0 spiro atoms. The van der Waals surface area contributed by atoms with Crippen LogP contribution in [0.25, 0.3) is 0 Å². The summed E-state index contributed by atoms with van der Waals surface area (Å²) in [6.45, 7) is 6.84. The van der Waals surface area contributed by atoms with E-state index in [9.17, 15) is 10.1 Å². The van der Waals surface area contributed by atoms with Crippen molar-refractivity contribution < 1.29 is 4.92 Å². The molecule has 2 rings (SSSR count). The van der Waals surface area contributed by atoms with Crippen LogP contribution in [-0.2, 0) is 0 Å². The Bertz CT molecular complexity index is 487. The fourth-order valence-corrected chi connectivity index (χ4v) is 3.18. The molecular formula is C13H17Cl2N3O2. The largest absolute Gasteiger partial charge is 0.368 e. The van der Waals surface area contributed by atoms with Crippen molar-refractivity contribution in [2.24, 2.45) is 0 Å². The Morgan fingerprint density at radius 1 is 1.20 bits per heavy atom. The molecule has 0 aromatic heterocycles. The zero-order chi connectivity index (χ0) is 14.7. The van der Waals surface area contributed by atoms with Gasteiger partial charge < -0.3 is 9.80 Å². The maximum Gasteiger partial charge on any atom is 0.272 e. The highest BCUT2D eigenvalue weighted by molar-refractivity contribution is 6.39. The summed E-state index contributed by atoms with van der Waals surface area (Å²) in [5.41, 5.74) is 0.630. The highest BCUT2D eigenvalue weighted by Crippen LogP contribution is 2.37. The summed E-state index contributed by atoms with van der Waals surface area (Å²) in [6.07, 6.45) is 1.03. The summed E-state index contributed by atoms with van der Waals surface area (Å²) in [5, 5.41) is 11.5. The SMILES string of the molecule is CCN1CCCN(c2c(Cl)cc([N+](=O)[O-])cc2Cl)CC1. The molecule has 0 N–H and O–H groups in total. The summed E-state index contributed by atoms with van der Waals surface area (Å²) in [5.74, 6) is 0. The van der Waals surface area contributed by atoms with E-state index in [1.165, 1.54) is 12.1 Å². The molecule has 5 nitrogen and oxygen atoms in total. The van der Waals surface area contributed by atoms with Crippen molar-refractivity contribution in [2.75, 3.05) is 37.6 Å². The van der Waals surface area contributed by atoms with E-state index in [2.05, 4.69) is 16.7 Å². The van der Waals surface area contributed by atoms with Crippen LogP contribution in [0.2, 0.25) is 10.0 Å². The van der Waals surface area contributed by atoms with E-state index in [1.807, 2.05) is 0 Å². The summed E-state index contributed by atoms with van der Waals surface area (Å²) < 4.78 is 0. The summed E-state index contributed by atoms with van der Waals surface area (Å²) in [7, 11) is 0. The van der Waals surface area contributed by atoms with Gasteiger partial charge >= 0.3 is 0 Å². The maximum atomic E-state index is 10.8. The number of nitrogens with zero attached hydrogens (tertiary/aromatic N) is 3. The van der Waals surface area contributed by atoms with Crippen LogP contribution in [0.3, 0.4) is 0 Å². The van der Waals surface area contributed by atoms with Crippen LogP contribution in [0.5, 0.6) is 0 Å². The summed E-state index contributed by atoms with van der Waals surface area (Å²) >= 11 is 12.4. The molecule has 1 saturated heterocycles. The number of likely N-dealkylation sites (N-methyl/N-ethyl adjacent to an activating group) is 1. The van der Waals surface area contributed by atoms with Crippen molar-refractivity contribution in [3.8, 4) is 0 Å². The van der Waals surface area contributed by atoms with Crippen molar-refractivity contribution >= 4 is 34.6 Å². The minimum Gasteiger partial charge on any atom is -0.368 e. The number of nitro benzene ring substituents is 1. The Balaban J connectivity index is 2.26. The number of non-ortho nitro benzene ring substituents is 1. The minimum absolute atomic E-state index is 0.0752. The standard InChI is InChI=1S/C13H17Cl2N3O2/c1-2-16-4-3-5-17(7-6-16)13-11(14)8-10(18(19)20)9-12(13)15/h8-9H,2-7H2,1H3. The first kappa shape index (κ1) is 15.4. The molecule has 0 aliphatic carbocycles. The average Bonchev–Trinajstić information content (AvgIpc) is 2.63. The van der Waals surface area contributed by atoms with E-state index in [0.717, 1.165) is 39.1 Å². The van der Waals surface area contributed by atoms with E-state index in [0.29, 0.717) is 15.7 Å². The zero-order valence-electron chi connectivity index (χ0n) is 11.3. The Labute approximate surface area is 128 Å². The van der Waals surface area contributed by atoms with Gasteiger partial charge in [0.1, 0.15) is 0 Å². The second kappa shape index (κ2) is 6.61. The number of rotatable bonds is 3. The zero-order valence-corrected chi connectivity index (χ0v) is 12.8. The van der Waals surface area contributed by atoms with Gasteiger partial charge in [-0.15, -0.1) is 0 Å². The number of hydrogen-bond acceptors (Lipinski definition) is 4. The molecule has 1 aliphatic heterocycles. The monoisotopic (exact) mass is 317 g/mol. The lowest BCUT2D eigenvalue weighted by atomic mass is 10.2. The molecule has 7 heteroatoms. The predicted octanol–water partition coefficient (Wildman–Crippen LogP) is 3.43. The first-order chi connectivity index (χ1) is 9.52. The molecule has 0 saturated carbocycles. The van der Waals surface area contributed by atoms with Crippen molar-refractivity contribution in [1.82, 2.24) is 4.90 Å². The molecule has 1 aliphatic rings. The van der Waals surface area contributed by atoms with Crippen molar-refractivity contribution in [3.63, 3.8) is 0 Å². The fraction of sp³-hybridized carbons (Fsp3) is 0.538. The molecule has 1 heterocycles. The molecule has 0 amide bonds. The molecule has 1 aromatic carbocycles. The van der Waals surface area contributed by atoms with Crippen molar-refractivity contribution in [3.05, 3.63) is 32.3 Å². The van der Waals surface area contributed by atoms with E-state index in [4.69, 9.17) is 23.2 Å². The van der Waals surface area contributed by atoms with Crippen molar-refractivity contribution in [2.45, 2.75) is 13.3 Å². The van der Waals surface area contributed by atoms with Crippen LogP contribution >= 0.6 is 23.2 Å². The highest BCUT2D eigenvalue weighted by atomic mass is 35.5. The maximum absolute atomic E-state index is 10.8.